The van der Waals surface area contributed by atoms with Gasteiger partial charge >= 0.3 is 0 Å². The molecule has 0 unspecified atom stereocenters. The standard InChI is InChI=1S/C16H21NO2/c1-16(2,3)13-4-6-14(7-5-13)19-11-12-8-9-18-15(12)10-17/h4-9H,10-11,17H2,1-3H3. The summed E-state index contributed by atoms with van der Waals surface area (Å²) >= 11 is 0. The highest BCUT2D eigenvalue weighted by molar-refractivity contribution is 5.31. The highest BCUT2D eigenvalue weighted by atomic mass is 16.5. The van der Waals surface area contributed by atoms with Gasteiger partial charge in [-0.2, -0.15) is 0 Å². The molecule has 3 nitrogen and oxygen atoms in total. The molecule has 0 saturated heterocycles. The Hall–Kier alpha value is -1.74. The number of hydrogen-bond donors (Lipinski definition) is 1. The summed E-state index contributed by atoms with van der Waals surface area (Å²) in [5.41, 5.74) is 8.04. The van der Waals surface area contributed by atoms with Crippen LogP contribution in [0.3, 0.4) is 0 Å². The molecule has 19 heavy (non-hydrogen) atoms. The predicted octanol–water partition coefficient (Wildman–Crippen LogP) is 3.61. The van der Waals surface area contributed by atoms with E-state index in [4.69, 9.17) is 14.9 Å². The minimum atomic E-state index is 0.163. The molecule has 1 aromatic carbocycles. The zero-order valence-electron chi connectivity index (χ0n) is 11.8. The van der Waals surface area contributed by atoms with Crippen LogP contribution in [0.25, 0.3) is 0 Å². The van der Waals surface area contributed by atoms with E-state index >= 15 is 0 Å². The van der Waals surface area contributed by atoms with E-state index in [1.54, 1.807) is 6.26 Å². The van der Waals surface area contributed by atoms with Crippen LogP contribution < -0.4 is 10.5 Å². The highest BCUT2D eigenvalue weighted by Crippen LogP contribution is 2.24. The molecule has 0 atom stereocenters. The third-order valence-corrected chi connectivity index (χ3v) is 3.14. The first-order valence-electron chi connectivity index (χ1n) is 6.49. The second kappa shape index (κ2) is 5.49. The molecule has 0 aliphatic heterocycles. The lowest BCUT2D eigenvalue weighted by Crippen LogP contribution is -2.10. The lowest BCUT2D eigenvalue weighted by molar-refractivity contribution is 0.302. The molecule has 3 heteroatoms. The summed E-state index contributed by atoms with van der Waals surface area (Å²) in [6.45, 7) is 7.47. The molecule has 0 aliphatic carbocycles. The average Bonchev–Trinajstić information content (AvgIpc) is 2.83. The Morgan fingerprint density at radius 3 is 2.37 bits per heavy atom. The van der Waals surface area contributed by atoms with Gasteiger partial charge in [-0.25, -0.2) is 0 Å². The third kappa shape index (κ3) is 3.38. The van der Waals surface area contributed by atoms with E-state index in [1.165, 1.54) is 5.56 Å². The van der Waals surface area contributed by atoms with Crippen molar-refractivity contribution >= 4 is 0 Å². The monoisotopic (exact) mass is 259 g/mol. The molecular formula is C16H21NO2. The van der Waals surface area contributed by atoms with E-state index in [-0.39, 0.29) is 5.41 Å². The molecule has 0 saturated carbocycles. The summed E-state index contributed by atoms with van der Waals surface area (Å²) in [5.74, 6) is 1.64. The summed E-state index contributed by atoms with van der Waals surface area (Å²) in [6, 6.07) is 10.1. The maximum atomic E-state index is 5.74. The Bertz CT molecular complexity index is 520. The molecular weight excluding hydrogens is 238 g/mol. The van der Waals surface area contributed by atoms with E-state index in [1.807, 2.05) is 18.2 Å². The number of nitrogens with two attached hydrogens (primary N) is 1. The Kier molecular flexibility index (Phi) is 3.96. The summed E-state index contributed by atoms with van der Waals surface area (Å²) in [7, 11) is 0. The normalized spacial score (nSPS) is 11.6. The first-order valence-corrected chi connectivity index (χ1v) is 6.49. The van der Waals surface area contributed by atoms with Crippen LogP contribution in [-0.4, -0.2) is 0 Å². The van der Waals surface area contributed by atoms with Gasteiger partial charge in [0, 0.05) is 5.56 Å². The van der Waals surface area contributed by atoms with Gasteiger partial charge < -0.3 is 14.9 Å². The Morgan fingerprint density at radius 1 is 1.11 bits per heavy atom. The van der Waals surface area contributed by atoms with Crippen molar-refractivity contribution < 1.29 is 9.15 Å². The van der Waals surface area contributed by atoms with Crippen LogP contribution >= 0.6 is 0 Å². The largest absolute Gasteiger partial charge is 0.489 e. The molecule has 2 N–H and O–H groups in total. The van der Waals surface area contributed by atoms with Crippen molar-refractivity contribution in [1.82, 2.24) is 0 Å². The van der Waals surface area contributed by atoms with E-state index in [9.17, 15) is 0 Å². The minimum Gasteiger partial charge on any atom is -0.489 e. The van der Waals surface area contributed by atoms with Crippen LogP contribution in [0, 0.1) is 0 Å². The Labute approximate surface area is 114 Å². The first-order chi connectivity index (χ1) is 9.00. The number of rotatable bonds is 4. The van der Waals surface area contributed by atoms with Gasteiger partial charge in [0.15, 0.2) is 0 Å². The van der Waals surface area contributed by atoms with Gasteiger partial charge in [-0.05, 0) is 29.2 Å². The molecule has 0 amide bonds. The summed E-state index contributed by atoms with van der Waals surface area (Å²) < 4.78 is 11.0. The van der Waals surface area contributed by atoms with Gasteiger partial charge in [-0.3, -0.25) is 0 Å². The average molecular weight is 259 g/mol. The van der Waals surface area contributed by atoms with Gasteiger partial charge in [0.2, 0.25) is 0 Å². The van der Waals surface area contributed by atoms with Gasteiger partial charge in [-0.1, -0.05) is 32.9 Å². The highest BCUT2D eigenvalue weighted by Gasteiger charge is 2.13. The van der Waals surface area contributed by atoms with Crippen molar-refractivity contribution in [2.45, 2.75) is 39.3 Å². The van der Waals surface area contributed by atoms with Crippen molar-refractivity contribution in [3.05, 3.63) is 53.5 Å². The van der Waals surface area contributed by atoms with E-state index in [0.717, 1.165) is 17.1 Å². The lowest BCUT2D eigenvalue weighted by atomic mass is 9.87. The fraction of sp³-hybridized carbons (Fsp3) is 0.375. The van der Waals surface area contributed by atoms with Crippen LogP contribution in [0.15, 0.2) is 41.0 Å². The maximum absolute atomic E-state index is 5.74. The molecule has 0 aliphatic rings. The number of benzene rings is 1. The van der Waals surface area contributed by atoms with Crippen LogP contribution in [0.4, 0.5) is 0 Å². The fourth-order valence-corrected chi connectivity index (χ4v) is 1.89. The van der Waals surface area contributed by atoms with Crippen molar-refractivity contribution in [1.29, 1.82) is 0 Å². The SMILES string of the molecule is CC(C)(C)c1ccc(OCc2ccoc2CN)cc1. The molecule has 0 radical (unpaired) electrons. The lowest BCUT2D eigenvalue weighted by Gasteiger charge is -2.19. The quantitative estimate of drug-likeness (QED) is 0.912. The van der Waals surface area contributed by atoms with Crippen molar-refractivity contribution in [2.24, 2.45) is 5.73 Å². The van der Waals surface area contributed by atoms with Gasteiger partial charge in [0.25, 0.3) is 0 Å². The number of furan rings is 1. The summed E-state index contributed by atoms with van der Waals surface area (Å²) in [5, 5.41) is 0. The van der Waals surface area contributed by atoms with Crippen LogP contribution in [-0.2, 0) is 18.6 Å². The van der Waals surface area contributed by atoms with Crippen LogP contribution in [0.5, 0.6) is 5.75 Å². The van der Waals surface area contributed by atoms with Gasteiger partial charge in [0.1, 0.15) is 18.1 Å². The number of ether oxygens (including phenoxy) is 1. The van der Waals surface area contributed by atoms with Crippen molar-refractivity contribution in [3.8, 4) is 5.75 Å². The van der Waals surface area contributed by atoms with Crippen molar-refractivity contribution in [3.63, 3.8) is 0 Å². The third-order valence-electron chi connectivity index (χ3n) is 3.14. The van der Waals surface area contributed by atoms with Gasteiger partial charge in [0.05, 0.1) is 12.8 Å². The summed E-state index contributed by atoms with van der Waals surface area (Å²) in [6.07, 6.45) is 1.64. The summed E-state index contributed by atoms with van der Waals surface area (Å²) in [4.78, 5) is 0. The second-order valence-corrected chi connectivity index (χ2v) is 5.64. The number of hydrogen-bond acceptors (Lipinski definition) is 3. The van der Waals surface area contributed by atoms with Gasteiger partial charge in [-0.15, -0.1) is 0 Å². The molecule has 0 spiro atoms. The fourth-order valence-electron chi connectivity index (χ4n) is 1.89. The smallest absolute Gasteiger partial charge is 0.123 e. The molecule has 102 valence electrons. The topological polar surface area (TPSA) is 48.4 Å². The van der Waals surface area contributed by atoms with E-state index in [0.29, 0.717) is 13.2 Å². The van der Waals surface area contributed by atoms with Crippen LogP contribution in [0.1, 0.15) is 37.7 Å². The van der Waals surface area contributed by atoms with Crippen LogP contribution in [0.2, 0.25) is 0 Å². The molecule has 2 aromatic rings. The maximum Gasteiger partial charge on any atom is 0.123 e. The Balaban J connectivity index is 2.01. The van der Waals surface area contributed by atoms with Crippen molar-refractivity contribution in [2.75, 3.05) is 0 Å². The van der Waals surface area contributed by atoms with E-state index in [2.05, 4.69) is 32.9 Å². The predicted molar refractivity (Wildman–Crippen MR) is 76.1 cm³/mol. The molecule has 0 fully saturated rings. The zero-order valence-corrected chi connectivity index (χ0v) is 11.8. The minimum absolute atomic E-state index is 0.163. The van der Waals surface area contributed by atoms with E-state index < -0.39 is 0 Å². The zero-order chi connectivity index (χ0) is 13.9. The Morgan fingerprint density at radius 2 is 1.79 bits per heavy atom. The first kappa shape index (κ1) is 13.7. The molecule has 1 heterocycles. The molecule has 0 bridgehead atoms. The molecule has 2 rings (SSSR count). The molecule has 1 aromatic heterocycles. The second-order valence-electron chi connectivity index (χ2n) is 5.64.